The largest absolute Gasteiger partial charge is 0.473 e. The van der Waals surface area contributed by atoms with Crippen molar-refractivity contribution in [1.82, 2.24) is 10.6 Å². The summed E-state index contributed by atoms with van der Waals surface area (Å²) in [5.41, 5.74) is 2.80. The zero-order valence-corrected chi connectivity index (χ0v) is 19.7. The lowest BCUT2D eigenvalue weighted by atomic mass is 10.1. The van der Waals surface area contributed by atoms with Gasteiger partial charge >= 0.3 is 11.9 Å². The lowest BCUT2D eigenvalue weighted by Gasteiger charge is -2.11. The Morgan fingerprint density at radius 2 is 1.10 bits per heavy atom. The van der Waals surface area contributed by atoms with Crippen LogP contribution in [0.1, 0.15) is 48.9 Å². The van der Waals surface area contributed by atoms with E-state index in [0.29, 0.717) is 12.1 Å². The van der Waals surface area contributed by atoms with E-state index in [1.165, 1.54) is 45.8 Å². The molecule has 0 spiro atoms. The Labute approximate surface area is 193 Å². The van der Waals surface area contributed by atoms with Crippen LogP contribution in [0, 0.1) is 0 Å². The van der Waals surface area contributed by atoms with Crippen molar-refractivity contribution in [2.75, 3.05) is 13.1 Å². The first-order chi connectivity index (χ1) is 14.4. The van der Waals surface area contributed by atoms with Gasteiger partial charge in [0.05, 0.1) is 0 Å². The lowest BCUT2D eigenvalue weighted by Crippen LogP contribution is -2.13. The number of carbonyl (C=O) groups is 2. The van der Waals surface area contributed by atoms with Gasteiger partial charge in [0, 0.05) is 21.0 Å². The quantitative estimate of drug-likeness (QED) is 0.403. The van der Waals surface area contributed by atoms with Gasteiger partial charge in [0.2, 0.25) is 0 Å². The summed E-state index contributed by atoms with van der Waals surface area (Å²) in [4.78, 5) is 18.2. The summed E-state index contributed by atoms with van der Waals surface area (Å²) in [7, 11) is 0. The number of benzene rings is 2. The molecule has 6 nitrogen and oxygen atoms in total. The maximum absolute atomic E-state index is 9.10. The standard InChI is InChI=1S/2C10H12BrN.C2H2O4/c2*11-9-5-2-1-4-8(9)10-6-3-7-12-10;3-1(4)2(5)6/h2*1-2,4-5,10,12H,3,6-7H2;(H,3,4)(H,5,6). The second kappa shape index (κ2) is 12.8. The number of carboxylic acid groups (broad SMARTS) is 2. The van der Waals surface area contributed by atoms with E-state index in [2.05, 4.69) is 91.0 Å². The van der Waals surface area contributed by atoms with Crippen LogP contribution in [0.3, 0.4) is 0 Å². The second-order valence-corrected chi connectivity index (χ2v) is 8.66. The van der Waals surface area contributed by atoms with Crippen molar-refractivity contribution in [2.24, 2.45) is 0 Å². The predicted octanol–water partition coefficient (Wildman–Crippen LogP) is 4.90. The van der Waals surface area contributed by atoms with Gasteiger partial charge in [-0.1, -0.05) is 68.3 Å². The number of rotatable bonds is 2. The summed E-state index contributed by atoms with van der Waals surface area (Å²) < 4.78 is 2.45. The molecule has 2 atom stereocenters. The molecular formula is C22H26Br2N2O4. The first-order valence-corrected chi connectivity index (χ1v) is 11.4. The minimum Gasteiger partial charge on any atom is -0.473 e. The molecule has 0 amide bonds. The van der Waals surface area contributed by atoms with Gasteiger partial charge in [-0.25, -0.2) is 9.59 Å². The summed E-state index contributed by atoms with van der Waals surface area (Å²) in [6, 6.07) is 18.0. The van der Waals surface area contributed by atoms with Gasteiger partial charge in [-0.2, -0.15) is 0 Å². The highest BCUT2D eigenvalue weighted by atomic mass is 79.9. The molecular weight excluding hydrogens is 516 g/mol. The number of aliphatic carboxylic acids is 2. The molecule has 4 rings (SSSR count). The molecule has 2 aliphatic rings. The van der Waals surface area contributed by atoms with Crippen molar-refractivity contribution in [3.63, 3.8) is 0 Å². The van der Waals surface area contributed by atoms with E-state index in [4.69, 9.17) is 19.8 Å². The summed E-state index contributed by atoms with van der Waals surface area (Å²) in [5.74, 6) is -3.65. The Morgan fingerprint density at radius 3 is 1.37 bits per heavy atom. The van der Waals surface area contributed by atoms with E-state index in [1.54, 1.807) is 0 Å². The highest BCUT2D eigenvalue weighted by molar-refractivity contribution is 9.10. The van der Waals surface area contributed by atoms with Crippen molar-refractivity contribution in [3.05, 3.63) is 68.6 Å². The Hall–Kier alpha value is -1.74. The van der Waals surface area contributed by atoms with E-state index in [-0.39, 0.29) is 0 Å². The first-order valence-electron chi connectivity index (χ1n) is 9.82. The zero-order valence-electron chi connectivity index (χ0n) is 16.5. The SMILES string of the molecule is Brc1ccccc1C1CCCN1.Brc1ccccc1C1CCCN1.O=C(O)C(=O)O. The fraction of sp³-hybridized carbons (Fsp3) is 0.364. The average Bonchev–Trinajstić information content (AvgIpc) is 3.44. The topological polar surface area (TPSA) is 98.7 Å². The second-order valence-electron chi connectivity index (χ2n) is 6.95. The van der Waals surface area contributed by atoms with Gasteiger partial charge in [-0.3, -0.25) is 0 Å². The summed E-state index contributed by atoms with van der Waals surface area (Å²) in [6.07, 6.45) is 5.13. The monoisotopic (exact) mass is 540 g/mol. The van der Waals surface area contributed by atoms with Gasteiger partial charge in [0.25, 0.3) is 0 Å². The maximum atomic E-state index is 9.10. The molecule has 2 aromatic rings. The molecule has 0 aliphatic carbocycles. The van der Waals surface area contributed by atoms with Gasteiger partial charge in [-0.15, -0.1) is 0 Å². The lowest BCUT2D eigenvalue weighted by molar-refractivity contribution is -0.159. The van der Waals surface area contributed by atoms with E-state index in [9.17, 15) is 0 Å². The van der Waals surface area contributed by atoms with Crippen LogP contribution in [0.2, 0.25) is 0 Å². The minimum absolute atomic E-state index is 0.570. The summed E-state index contributed by atoms with van der Waals surface area (Å²) >= 11 is 7.13. The number of hydrogen-bond acceptors (Lipinski definition) is 4. The average molecular weight is 542 g/mol. The Morgan fingerprint density at radius 1 is 0.733 bits per heavy atom. The highest BCUT2D eigenvalue weighted by Gasteiger charge is 2.18. The Bertz CT molecular complexity index is 766. The number of nitrogens with one attached hydrogen (secondary N) is 2. The van der Waals surface area contributed by atoms with Crippen LogP contribution in [-0.2, 0) is 9.59 Å². The minimum atomic E-state index is -1.82. The van der Waals surface area contributed by atoms with Crippen LogP contribution in [0.5, 0.6) is 0 Å². The third-order valence-electron chi connectivity index (χ3n) is 4.86. The molecule has 8 heteroatoms. The van der Waals surface area contributed by atoms with E-state index >= 15 is 0 Å². The van der Waals surface area contributed by atoms with Crippen molar-refractivity contribution in [3.8, 4) is 0 Å². The van der Waals surface area contributed by atoms with Crippen molar-refractivity contribution in [2.45, 2.75) is 37.8 Å². The molecule has 0 radical (unpaired) electrons. The Balaban J connectivity index is 0.000000171. The third kappa shape index (κ3) is 7.83. The number of halogens is 2. The van der Waals surface area contributed by atoms with Crippen LogP contribution in [0.4, 0.5) is 0 Å². The van der Waals surface area contributed by atoms with Crippen LogP contribution in [0.25, 0.3) is 0 Å². The fourth-order valence-electron chi connectivity index (χ4n) is 3.42. The van der Waals surface area contributed by atoms with Crippen LogP contribution in [-0.4, -0.2) is 35.2 Å². The third-order valence-corrected chi connectivity index (χ3v) is 6.31. The summed E-state index contributed by atoms with van der Waals surface area (Å²) in [6.45, 7) is 2.32. The zero-order chi connectivity index (χ0) is 21.9. The molecule has 2 heterocycles. The normalized spacial score (nSPS) is 19.8. The predicted molar refractivity (Wildman–Crippen MR) is 124 cm³/mol. The van der Waals surface area contributed by atoms with Crippen molar-refractivity contribution < 1.29 is 19.8 Å². The molecule has 4 N–H and O–H groups in total. The van der Waals surface area contributed by atoms with Crippen molar-refractivity contribution in [1.29, 1.82) is 0 Å². The first kappa shape index (κ1) is 24.5. The van der Waals surface area contributed by atoms with Crippen molar-refractivity contribution >= 4 is 43.8 Å². The van der Waals surface area contributed by atoms with Gasteiger partial charge in [0.15, 0.2) is 0 Å². The van der Waals surface area contributed by atoms with Crippen LogP contribution >= 0.6 is 31.9 Å². The Kier molecular flexibility index (Phi) is 10.5. The van der Waals surface area contributed by atoms with Gasteiger partial charge in [-0.05, 0) is 62.0 Å². The molecule has 162 valence electrons. The molecule has 30 heavy (non-hydrogen) atoms. The molecule has 2 aromatic carbocycles. The highest BCUT2D eigenvalue weighted by Crippen LogP contribution is 2.29. The van der Waals surface area contributed by atoms with Gasteiger partial charge < -0.3 is 20.8 Å². The fourth-order valence-corrected chi connectivity index (χ4v) is 4.54. The molecule has 2 unspecified atom stereocenters. The number of carboxylic acids is 2. The van der Waals surface area contributed by atoms with E-state index < -0.39 is 11.9 Å². The molecule has 0 aromatic heterocycles. The van der Waals surface area contributed by atoms with Gasteiger partial charge in [0.1, 0.15) is 0 Å². The van der Waals surface area contributed by atoms with Crippen LogP contribution in [0.15, 0.2) is 57.5 Å². The molecule has 0 saturated carbocycles. The molecule has 0 bridgehead atoms. The molecule has 2 aliphatic heterocycles. The maximum Gasteiger partial charge on any atom is 0.414 e. The smallest absolute Gasteiger partial charge is 0.414 e. The summed E-state index contributed by atoms with van der Waals surface area (Å²) in [5, 5.41) is 21.7. The molecule has 2 fully saturated rings. The molecule has 2 saturated heterocycles. The van der Waals surface area contributed by atoms with E-state index in [0.717, 1.165) is 13.1 Å². The van der Waals surface area contributed by atoms with Crippen LogP contribution < -0.4 is 10.6 Å². The van der Waals surface area contributed by atoms with E-state index in [1.807, 2.05) is 0 Å². The number of hydrogen-bond donors (Lipinski definition) is 4.